The third-order valence-electron chi connectivity index (χ3n) is 5.72. The average Bonchev–Trinajstić information content (AvgIpc) is 3.12. The Morgan fingerprint density at radius 2 is 2.00 bits per heavy atom. The molecule has 0 fully saturated rings. The van der Waals surface area contributed by atoms with Crippen LogP contribution in [0.1, 0.15) is 11.1 Å². The van der Waals surface area contributed by atoms with E-state index in [9.17, 15) is 5.26 Å². The molecule has 0 unspecified atom stereocenters. The second-order valence-corrected chi connectivity index (χ2v) is 7.47. The van der Waals surface area contributed by atoms with Crippen molar-refractivity contribution in [1.82, 2.24) is 9.38 Å². The number of hydrogen-bond donors (Lipinski definition) is 1. The van der Waals surface area contributed by atoms with E-state index in [0.717, 1.165) is 45.6 Å². The lowest BCUT2D eigenvalue weighted by Gasteiger charge is -2.11. The van der Waals surface area contributed by atoms with Gasteiger partial charge in [0.05, 0.1) is 25.2 Å². The minimum absolute atomic E-state index is 0.616. The number of ether oxygens (including phenoxy) is 1. The van der Waals surface area contributed by atoms with Crippen LogP contribution in [0.3, 0.4) is 0 Å². The Labute approximate surface area is 179 Å². The van der Waals surface area contributed by atoms with Crippen molar-refractivity contribution in [2.75, 3.05) is 19.0 Å². The molecular formula is C25H22N5O+. The van der Waals surface area contributed by atoms with Gasteiger partial charge < -0.3 is 10.1 Å². The third-order valence-corrected chi connectivity index (χ3v) is 5.72. The van der Waals surface area contributed by atoms with Crippen LogP contribution in [0.5, 0.6) is 5.75 Å². The zero-order chi connectivity index (χ0) is 21.4. The van der Waals surface area contributed by atoms with Gasteiger partial charge in [-0.25, -0.2) is 9.55 Å². The predicted octanol–water partition coefficient (Wildman–Crippen LogP) is 4.00. The summed E-state index contributed by atoms with van der Waals surface area (Å²) >= 11 is 0. The Balaban J connectivity index is 1.66. The van der Waals surface area contributed by atoms with Crippen molar-refractivity contribution in [3.63, 3.8) is 0 Å². The molecule has 0 bridgehead atoms. The Morgan fingerprint density at radius 3 is 2.84 bits per heavy atom. The Hall–Kier alpha value is -4.11. The van der Waals surface area contributed by atoms with E-state index in [1.807, 2.05) is 49.5 Å². The molecule has 0 aliphatic rings. The van der Waals surface area contributed by atoms with E-state index in [2.05, 4.69) is 43.5 Å². The van der Waals surface area contributed by atoms with Crippen LogP contribution in [-0.2, 0) is 13.5 Å². The maximum atomic E-state index is 10.2. The van der Waals surface area contributed by atoms with Crippen molar-refractivity contribution >= 4 is 33.4 Å². The minimum atomic E-state index is 0.616. The molecule has 6 nitrogen and oxygen atoms in total. The summed E-state index contributed by atoms with van der Waals surface area (Å²) in [5, 5.41) is 14.6. The van der Waals surface area contributed by atoms with Crippen molar-refractivity contribution in [2.45, 2.75) is 6.42 Å². The van der Waals surface area contributed by atoms with E-state index in [0.29, 0.717) is 12.1 Å². The van der Waals surface area contributed by atoms with Crippen LogP contribution in [0, 0.1) is 11.3 Å². The highest BCUT2D eigenvalue weighted by Crippen LogP contribution is 2.31. The Kier molecular flexibility index (Phi) is 4.64. The van der Waals surface area contributed by atoms with E-state index in [1.165, 1.54) is 5.56 Å². The molecule has 2 aromatic carbocycles. The summed E-state index contributed by atoms with van der Waals surface area (Å²) in [6, 6.07) is 22.6. The molecule has 0 saturated carbocycles. The summed E-state index contributed by atoms with van der Waals surface area (Å²) in [7, 11) is 3.67. The number of aryl methyl sites for hydroxylation is 1. The van der Waals surface area contributed by atoms with Gasteiger partial charge in [0.25, 0.3) is 0 Å². The lowest BCUT2D eigenvalue weighted by Crippen LogP contribution is -2.28. The van der Waals surface area contributed by atoms with Gasteiger partial charge in [0.15, 0.2) is 16.6 Å². The van der Waals surface area contributed by atoms with Crippen molar-refractivity contribution in [3.05, 3.63) is 78.0 Å². The first-order valence-corrected chi connectivity index (χ1v) is 10.2. The van der Waals surface area contributed by atoms with Gasteiger partial charge in [-0.3, -0.25) is 0 Å². The summed E-state index contributed by atoms with van der Waals surface area (Å²) in [5.41, 5.74) is 6.36. The van der Waals surface area contributed by atoms with E-state index in [-0.39, 0.29) is 0 Å². The molecule has 31 heavy (non-hydrogen) atoms. The van der Waals surface area contributed by atoms with Gasteiger partial charge in [0.2, 0.25) is 5.65 Å². The molecule has 0 spiro atoms. The SMILES string of the molecule is COc1cccc(CCNc2c(C#N)c3n(c4ccccc4[n+]3C)c3ncccc23)c1. The standard InChI is InChI=1S/C25H21N5O/c1-29-21-10-3-4-11-22(21)30-24-19(9-6-13-28-24)23(20(16-26)25(29)30)27-14-12-17-7-5-8-18(15-17)31-2/h3-11,13,15H,12,14H2,1-2H3/p+1. The van der Waals surface area contributed by atoms with Crippen molar-refractivity contribution in [1.29, 1.82) is 5.26 Å². The highest BCUT2D eigenvalue weighted by molar-refractivity contribution is 5.99. The number of pyridine rings is 2. The summed E-state index contributed by atoms with van der Waals surface area (Å²) in [5.74, 6) is 0.846. The second-order valence-electron chi connectivity index (χ2n) is 7.47. The highest BCUT2D eigenvalue weighted by atomic mass is 16.5. The number of nitrogens with zero attached hydrogens (tertiary/aromatic N) is 4. The number of aromatic nitrogens is 3. The monoisotopic (exact) mass is 408 g/mol. The molecule has 3 aromatic heterocycles. The maximum absolute atomic E-state index is 10.2. The largest absolute Gasteiger partial charge is 0.497 e. The molecule has 5 rings (SSSR count). The topological polar surface area (TPSA) is 66.2 Å². The molecule has 0 atom stereocenters. The second kappa shape index (κ2) is 7.62. The van der Waals surface area contributed by atoms with Gasteiger partial charge in [-0.05, 0) is 48.4 Å². The molecule has 0 saturated heterocycles. The fourth-order valence-electron chi connectivity index (χ4n) is 4.28. The normalized spacial score (nSPS) is 11.1. The molecule has 5 aromatic rings. The van der Waals surface area contributed by atoms with Crippen LogP contribution in [0.2, 0.25) is 0 Å². The number of anilines is 1. The van der Waals surface area contributed by atoms with Crippen LogP contribution in [0.15, 0.2) is 66.9 Å². The predicted molar refractivity (Wildman–Crippen MR) is 121 cm³/mol. The van der Waals surface area contributed by atoms with Crippen molar-refractivity contribution in [2.24, 2.45) is 7.05 Å². The lowest BCUT2D eigenvalue weighted by atomic mass is 10.1. The number of hydrogen-bond acceptors (Lipinski definition) is 4. The number of benzene rings is 2. The van der Waals surface area contributed by atoms with Crippen LogP contribution in [-0.4, -0.2) is 23.0 Å². The van der Waals surface area contributed by atoms with Crippen LogP contribution >= 0.6 is 0 Å². The molecule has 3 heterocycles. The zero-order valence-electron chi connectivity index (χ0n) is 17.5. The first-order valence-electron chi connectivity index (χ1n) is 10.2. The summed E-state index contributed by atoms with van der Waals surface area (Å²) < 4.78 is 9.47. The number of rotatable bonds is 5. The number of imidazole rings is 1. The fraction of sp³-hybridized carbons (Fsp3) is 0.160. The molecule has 0 aliphatic carbocycles. The van der Waals surface area contributed by atoms with Crippen LogP contribution < -0.4 is 14.6 Å². The summed E-state index contributed by atoms with van der Waals surface area (Å²) in [4.78, 5) is 4.68. The summed E-state index contributed by atoms with van der Waals surface area (Å²) in [6.45, 7) is 0.686. The van der Waals surface area contributed by atoms with Crippen molar-refractivity contribution < 1.29 is 9.30 Å². The highest BCUT2D eigenvalue weighted by Gasteiger charge is 2.27. The van der Waals surface area contributed by atoms with E-state index in [4.69, 9.17) is 4.74 Å². The van der Waals surface area contributed by atoms with E-state index >= 15 is 0 Å². The van der Waals surface area contributed by atoms with Gasteiger partial charge >= 0.3 is 5.65 Å². The van der Waals surface area contributed by atoms with Gasteiger partial charge in [-0.2, -0.15) is 9.66 Å². The Morgan fingerprint density at radius 1 is 1.13 bits per heavy atom. The number of methoxy groups -OCH3 is 1. The molecule has 6 heteroatoms. The quantitative estimate of drug-likeness (QED) is 0.447. The van der Waals surface area contributed by atoms with Gasteiger partial charge in [-0.15, -0.1) is 0 Å². The van der Waals surface area contributed by atoms with Crippen LogP contribution in [0.25, 0.3) is 27.7 Å². The molecule has 0 radical (unpaired) electrons. The molecule has 0 amide bonds. The third kappa shape index (κ3) is 3.03. The maximum Gasteiger partial charge on any atom is 0.309 e. The first kappa shape index (κ1) is 18.9. The lowest BCUT2D eigenvalue weighted by molar-refractivity contribution is -0.618. The van der Waals surface area contributed by atoms with Gasteiger partial charge in [0, 0.05) is 12.7 Å². The number of fused-ring (bicyclic) bond motifs is 5. The number of nitrogens with one attached hydrogen (secondary N) is 1. The average molecular weight is 408 g/mol. The fourth-order valence-corrected chi connectivity index (χ4v) is 4.28. The van der Waals surface area contributed by atoms with Crippen LogP contribution in [0.4, 0.5) is 5.69 Å². The number of para-hydroxylation sites is 2. The smallest absolute Gasteiger partial charge is 0.309 e. The van der Waals surface area contributed by atoms with Gasteiger partial charge in [-0.1, -0.05) is 24.3 Å². The van der Waals surface area contributed by atoms with E-state index in [1.54, 1.807) is 13.3 Å². The molecule has 0 aliphatic heterocycles. The molecule has 1 N–H and O–H groups in total. The molecular weight excluding hydrogens is 386 g/mol. The summed E-state index contributed by atoms with van der Waals surface area (Å²) in [6.07, 6.45) is 2.60. The zero-order valence-corrected chi connectivity index (χ0v) is 17.5. The van der Waals surface area contributed by atoms with Crippen molar-refractivity contribution in [3.8, 4) is 11.8 Å². The number of nitriles is 1. The van der Waals surface area contributed by atoms with E-state index < -0.39 is 0 Å². The first-order chi connectivity index (χ1) is 15.2. The van der Waals surface area contributed by atoms with Gasteiger partial charge in [0.1, 0.15) is 11.8 Å². The Bertz CT molecular complexity index is 1480. The molecule has 152 valence electrons. The minimum Gasteiger partial charge on any atom is -0.497 e.